The molecule has 1 aliphatic carbocycles. The number of benzene rings is 1. The van der Waals surface area contributed by atoms with Crippen LogP contribution in [0.4, 0.5) is 0 Å². The van der Waals surface area contributed by atoms with E-state index in [-0.39, 0.29) is 16.3 Å². The van der Waals surface area contributed by atoms with Crippen molar-refractivity contribution in [2.24, 2.45) is 5.14 Å². The average molecular weight is 268 g/mol. The minimum absolute atomic E-state index is 0.0473. The fourth-order valence-corrected chi connectivity index (χ4v) is 2.55. The van der Waals surface area contributed by atoms with Crippen LogP contribution in [0.5, 0.6) is 0 Å². The molecule has 1 amide bonds. The van der Waals surface area contributed by atoms with Crippen LogP contribution >= 0.6 is 0 Å². The van der Waals surface area contributed by atoms with E-state index in [2.05, 4.69) is 5.32 Å². The Labute approximate surface area is 106 Å². The summed E-state index contributed by atoms with van der Waals surface area (Å²) in [4.78, 5) is 11.9. The molecule has 0 spiro atoms. The lowest BCUT2D eigenvalue weighted by atomic mass is 9.78. The molecule has 3 N–H and O–H groups in total. The summed E-state index contributed by atoms with van der Waals surface area (Å²) in [5, 5.41) is 7.94. The highest BCUT2D eigenvalue weighted by Gasteiger charge is 2.33. The van der Waals surface area contributed by atoms with Crippen LogP contribution in [0.25, 0.3) is 0 Å². The highest BCUT2D eigenvalue weighted by Crippen LogP contribution is 2.31. The van der Waals surface area contributed by atoms with Gasteiger partial charge >= 0.3 is 0 Å². The van der Waals surface area contributed by atoms with Gasteiger partial charge in [0.2, 0.25) is 10.0 Å². The van der Waals surface area contributed by atoms with Crippen molar-refractivity contribution in [2.75, 3.05) is 0 Å². The number of sulfonamides is 1. The topological polar surface area (TPSA) is 89.3 Å². The molecule has 1 saturated carbocycles. The molecule has 1 aromatic carbocycles. The molecule has 18 heavy (non-hydrogen) atoms. The van der Waals surface area contributed by atoms with Crippen LogP contribution < -0.4 is 10.5 Å². The fourth-order valence-electron chi connectivity index (χ4n) is 1.99. The molecule has 0 heterocycles. The van der Waals surface area contributed by atoms with E-state index < -0.39 is 10.0 Å². The molecule has 0 saturated heterocycles. The second-order valence-electron chi connectivity index (χ2n) is 4.94. The summed E-state index contributed by atoms with van der Waals surface area (Å²) in [6.07, 6.45) is 3.01. The minimum atomic E-state index is -3.77. The predicted octanol–water partition coefficient (Wildman–Crippen LogP) is 1.01. The lowest BCUT2D eigenvalue weighted by molar-refractivity contribution is 0.0850. The molecule has 0 unspecified atom stereocenters. The molecule has 0 bridgehead atoms. The lowest BCUT2D eigenvalue weighted by Crippen LogP contribution is -2.50. The van der Waals surface area contributed by atoms with Crippen LogP contribution in [0.2, 0.25) is 0 Å². The van der Waals surface area contributed by atoms with Gasteiger partial charge in [0.15, 0.2) is 0 Å². The second-order valence-corrected chi connectivity index (χ2v) is 6.50. The molecule has 1 aliphatic rings. The Morgan fingerprint density at radius 2 is 2.06 bits per heavy atom. The van der Waals surface area contributed by atoms with Crippen LogP contribution in [0, 0.1) is 0 Å². The van der Waals surface area contributed by atoms with E-state index >= 15 is 0 Å². The molecule has 0 aliphatic heterocycles. The van der Waals surface area contributed by atoms with E-state index in [1.54, 1.807) is 6.07 Å². The van der Waals surface area contributed by atoms with Gasteiger partial charge in [-0.25, -0.2) is 13.6 Å². The van der Waals surface area contributed by atoms with E-state index in [4.69, 9.17) is 5.14 Å². The smallest absolute Gasteiger partial charge is 0.251 e. The monoisotopic (exact) mass is 268 g/mol. The number of hydrogen-bond donors (Lipinski definition) is 2. The zero-order valence-electron chi connectivity index (χ0n) is 10.1. The maximum atomic E-state index is 12.0. The minimum Gasteiger partial charge on any atom is -0.347 e. The molecule has 1 aromatic rings. The van der Waals surface area contributed by atoms with Crippen molar-refractivity contribution in [1.82, 2.24) is 5.32 Å². The highest BCUT2D eigenvalue weighted by molar-refractivity contribution is 7.89. The third kappa shape index (κ3) is 2.70. The molecule has 98 valence electrons. The Kier molecular flexibility index (Phi) is 3.16. The Bertz CT molecular complexity index is 577. The fraction of sp³-hybridized carbons (Fsp3) is 0.417. The number of nitrogens with two attached hydrogens (primary N) is 1. The molecule has 1 fully saturated rings. The summed E-state index contributed by atoms with van der Waals surface area (Å²) in [6, 6.07) is 5.76. The first kappa shape index (κ1) is 13.0. The van der Waals surface area contributed by atoms with Gasteiger partial charge in [-0.05, 0) is 44.4 Å². The highest BCUT2D eigenvalue weighted by atomic mass is 32.2. The van der Waals surface area contributed by atoms with Gasteiger partial charge in [-0.3, -0.25) is 4.79 Å². The van der Waals surface area contributed by atoms with E-state index in [9.17, 15) is 13.2 Å². The number of nitrogens with one attached hydrogen (secondary N) is 1. The number of rotatable bonds is 3. The average Bonchev–Trinajstić information content (AvgIpc) is 2.26. The van der Waals surface area contributed by atoms with E-state index in [0.29, 0.717) is 5.56 Å². The van der Waals surface area contributed by atoms with Crippen LogP contribution in [-0.4, -0.2) is 19.9 Å². The third-order valence-electron chi connectivity index (χ3n) is 3.30. The summed E-state index contributed by atoms with van der Waals surface area (Å²) in [6.45, 7) is 1.98. The first-order valence-corrected chi connectivity index (χ1v) is 7.30. The number of carbonyl (C=O) groups is 1. The third-order valence-corrected chi connectivity index (χ3v) is 4.21. The van der Waals surface area contributed by atoms with Gasteiger partial charge in [-0.2, -0.15) is 0 Å². The maximum absolute atomic E-state index is 12.0. The molecule has 0 atom stereocenters. The van der Waals surface area contributed by atoms with E-state index in [1.165, 1.54) is 18.2 Å². The van der Waals surface area contributed by atoms with Gasteiger partial charge in [0.1, 0.15) is 0 Å². The quantitative estimate of drug-likeness (QED) is 0.857. The van der Waals surface area contributed by atoms with Crippen molar-refractivity contribution in [3.8, 4) is 0 Å². The number of carbonyl (C=O) groups excluding carboxylic acids is 1. The molecule has 5 nitrogen and oxygen atoms in total. The Morgan fingerprint density at radius 3 is 2.56 bits per heavy atom. The Balaban J connectivity index is 2.21. The zero-order chi connectivity index (χ0) is 13.4. The van der Waals surface area contributed by atoms with Crippen LogP contribution in [0.3, 0.4) is 0 Å². The molecule has 0 radical (unpaired) electrons. The number of amides is 1. The van der Waals surface area contributed by atoms with E-state index in [1.807, 2.05) is 6.92 Å². The second kappa shape index (κ2) is 4.37. The van der Waals surface area contributed by atoms with Gasteiger partial charge in [-0.15, -0.1) is 0 Å². The van der Waals surface area contributed by atoms with Crippen LogP contribution in [-0.2, 0) is 10.0 Å². The predicted molar refractivity (Wildman–Crippen MR) is 67.5 cm³/mol. The van der Waals surface area contributed by atoms with E-state index in [0.717, 1.165) is 19.3 Å². The summed E-state index contributed by atoms with van der Waals surface area (Å²) >= 11 is 0. The van der Waals surface area contributed by atoms with Gasteiger partial charge in [-0.1, -0.05) is 6.07 Å². The zero-order valence-corrected chi connectivity index (χ0v) is 11.0. The first-order valence-electron chi connectivity index (χ1n) is 5.76. The van der Waals surface area contributed by atoms with Crippen molar-refractivity contribution in [2.45, 2.75) is 36.6 Å². The van der Waals surface area contributed by atoms with Gasteiger partial charge < -0.3 is 5.32 Å². The van der Waals surface area contributed by atoms with Gasteiger partial charge in [0, 0.05) is 11.1 Å². The van der Waals surface area contributed by atoms with Crippen LogP contribution in [0.15, 0.2) is 29.2 Å². The summed E-state index contributed by atoms with van der Waals surface area (Å²) in [5.74, 6) is -0.261. The maximum Gasteiger partial charge on any atom is 0.251 e. The van der Waals surface area contributed by atoms with Crippen molar-refractivity contribution in [3.05, 3.63) is 29.8 Å². The number of hydrogen-bond acceptors (Lipinski definition) is 3. The normalized spacial score (nSPS) is 17.9. The Morgan fingerprint density at radius 1 is 1.39 bits per heavy atom. The molecular formula is C12H16N2O3S. The van der Waals surface area contributed by atoms with Crippen LogP contribution in [0.1, 0.15) is 36.5 Å². The van der Waals surface area contributed by atoms with Gasteiger partial charge in [0.05, 0.1) is 4.90 Å². The van der Waals surface area contributed by atoms with Crippen molar-refractivity contribution >= 4 is 15.9 Å². The molecular weight excluding hydrogens is 252 g/mol. The van der Waals surface area contributed by atoms with Crippen molar-refractivity contribution in [3.63, 3.8) is 0 Å². The largest absolute Gasteiger partial charge is 0.347 e. The SMILES string of the molecule is CC1(NC(=O)c2cccc(S(N)(=O)=O)c2)CCC1. The Hall–Kier alpha value is -1.40. The summed E-state index contributed by atoms with van der Waals surface area (Å²) in [7, 11) is -3.77. The standard InChI is InChI=1S/C12H16N2O3S/c1-12(6-3-7-12)14-11(15)9-4-2-5-10(8-9)18(13,16)17/h2,4-5,8H,3,6-7H2,1H3,(H,14,15)(H2,13,16,17). The molecule has 0 aromatic heterocycles. The molecule has 6 heteroatoms. The summed E-state index contributed by atoms with van der Waals surface area (Å²) < 4.78 is 22.4. The van der Waals surface area contributed by atoms with Crippen molar-refractivity contribution in [1.29, 1.82) is 0 Å². The lowest BCUT2D eigenvalue weighted by Gasteiger charge is -2.39. The van der Waals surface area contributed by atoms with Crippen molar-refractivity contribution < 1.29 is 13.2 Å². The molecule has 2 rings (SSSR count). The van der Waals surface area contributed by atoms with Gasteiger partial charge in [0.25, 0.3) is 5.91 Å². The number of primary sulfonamides is 1. The summed E-state index contributed by atoms with van der Waals surface area (Å²) in [5.41, 5.74) is 0.156. The first-order chi connectivity index (χ1) is 8.30.